The van der Waals surface area contributed by atoms with Gasteiger partial charge in [0.2, 0.25) is 5.91 Å². The first kappa shape index (κ1) is 20.9. The third-order valence-corrected chi connectivity index (χ3v) is 6.71. The first-order valence-electron chi connectivity index (χ1n) is 9.33. The van der Waals surface area contributed by atoms with Crippen molar-refractivity contribution in [2.24, 2.45) is 0 Å². The van der Waals surface area contributed by atoms with E-state index >= 15 is 0 Å². The van der Waals surface area contributed by atoms with Crippen molar-refractivity contribution in [2.45, 2.75) is 25.4 Å². The molecule has 1 aromatic rings. The summed E-state index contributed by atoms with van der Waals surface area (Å²) in [6, 6.07) is 3.43. The van der Waals surface area contributed by atoms with Crippen molar-refractivity contribution >= 4 is 27.1 Å². The molecule has 0 aromatic heterocycles. The van der Waals surface area contributed by atoms with Gasteiger partial charge in [-0.2, -0.15) is 13.2 Å². The van der Waals surface area contributed by atoms with Crippen LogP contribution in [0.25, 0.3) is 0 Å². The van der Waals surface area contributed by atoms with E-state index in [1.54, 1.807) is 4.90 Å². The van der Waals surface area contributed by atoms with E-state index in [-0.39, 0.29) is 36.8 Å². The largest absolute Gasteiger partial charge is 0.416 e. The van der Waals surface area contributed by atoms with Crippen LogP contribution < -0.4 is 10.2 Å². The van der Waals surface area contributed by atoms with Crippen molar-refractivity contribution < 1.29 is 26.4 Å². The molecule has 1 N–H and O–H groups in total. The zero-order valence-electron chi connectivity index (χ0n) is 15.5. The molecule has 28 heavy (non-hydrogen) atoms. The fourth-order valence-electron chi connectivity index (χ4n) is 3.52. The molecular weight excluding hydrogens is 395 g/mol. The van der Waals surface area contributed by atoms with Crippen LogP contribution in [0.15, 0.2) is 18.2 Å². The Morgan fingerprint density at radius 1 is 1.04 bits per heavy atom. The molecule has 0 bridgehead atoms. The number of nitrogens with zero attached hydrogens (tertiary/aromatic N) is 2. The average Bonchev–Trinajstić information content (AvgIpc) is 2.63. The Morgan fingerprint density at radius 3 is 2.29 bits per heavy atom. The SMILES string of the molecule is O=C(CN1CCS(=O)(=O)CC1)Nc1cc(C(F)(F)F)ccc1N1CCCCC1. The number of amides is 1. The van der Waals surface area contributed by atoms with Crippen LogP contribution in [0.2, 0.25) is 0 Å². The zero-order chi connectivity index (χ0) is 20.4. The van der Waals surface area contributed by atoms with Crippen LogP contribution in [0.4, 0.5) is 24.5 Å². The molecule has 0 spiro atoms. The van der Waals surface area contributed by atoms with Crippen LogP contribution in [0.5, 0.6) is 0 Å². The van der Waals surface area contributed by atoms with E-state index in [0.717, 1.165) is 44.5 Å². The quantitative estimate of drug-likeness (QED) is 0.812. The number of hydrogen-bond acceptors (Lipinski definition) is 5. The predicted molar refractivity (Wildman–Crippen MR) is 101 cm³/mol. The summed E-state index contributed by atoms with van der Waals surface area (Å²) in [5.41, 5.74) is -0.0822. The van der Waals surface area contributed by atoms with Gasteiger partial charge in [-0.25, -0.2) is 8.42 Å². The number of halogens is 3. The van der Waals surface area contributed by atoms with Gasteiger partial charge in [0.05, 0.1) is 35.0 Å². The molecule has 1 amide bonds. The summed E-state index contributed by atoms with van der Waals surface area (Å²) in [7, 11) is -3.06. The Bertz CT molecular complexity index is 807. The Labute approximate surface area is 162 Å². The van der Waals surface area contributed by atoms with E-state index in [0.29, 0.717) is 5.69 Å². The molecule has 0 aliphatic carbocycles. The van der Waals surface area contributed by atoms with Crippen molar-refractivity contribution in [3.63, 3.8) is 0 Å². The lowest BCUT2D eigenvalue weighted by molar-refractivity contribution is -0.137. The number of rotatable bonds is 4. The molecule has 0 unspecified atom stereocenters. The summed E-state index contributed by atoms with van der Waals surface area (Å²) in [5.74, 6) is -0.469. The number of piperidine rings is 1. The molecule has 2 heterocycles. The minimum absolute atomic E-state index is 0.0110. The highest BCUT2D eigenvalue weighted by Crippen LogP contribution is 2.36. The van der Waals surface area contributed by atoms with Gasteiger partial charge >= 0.3 is 6.18 Å². The molecular formula is C18H24F3N3O3S. The number of sulfone groups is 1. The van der Waals surface area contributed by atoms with Crippen LogP contribution in [-0.2, 0) is 20.8 Å². The summed E-state index contributed by atoms with van der Waals surface area (Å²) in [4.78, 5) is 16.1. The minimum Gasteiger partial charge on any atom is -0.370 e. The van der Waals surface area contributed by atoms with Gasteiger partial charge < -0.3 is 10.2 Å². The highest BCUT2D eigenvalue weighted by molar-refractivity contribution is 7.91. The molecule has 2 saturated heterocycles. The maximum Gasteiger partial charge on any atom is 0.416 e. The number of anilines is 2. The maximum absolute atomic E-state index is 13.1. The standard InChI is InChI=1S/C18H24F3N3O3S/c19-18(20,21)14-4-5-16(24-6-2-1-3-7-24)15(12-14)22-17(25)13-23-8-10-28(26,27)11-9-23/h4-5,12H,1-3,6-11,13H2,(H,22,25). The Hall–Kier alpha value is -1.81. The second-order valence-corrected chi connectivity index (χ2v) is 9.56. The number of carbonyl (C=O) groups is 1. The number of nitrogens with one attached hydrogen (secondary N) is 1. The first-order chi connectivity index (χ1) is 13.1. The number of alkyl halides is 3. The van der Waals surface area contributed by atoms with Gasteiger partial charge in [0, 0.05) is 26.2 Å². The Morgan fingerprint density at radius 2 is 1.68 bits per heavy atom. The van der Waals surface area contributed by atoms with E-state index < -0.39 is 27.5 Å². The van der Waals surface area contributed by atoms with Gasteiger partial charge in [-0.3, -0.25) is 9.69 Å². The zero-order valence-corrected chi connectivity index (χ0v) is 16.3. The summed E-state index contributed by atoms with van der Waals surface area (Å²) in [5, 5.41) is 2.62. The molecule has 0 saturated carbocycles. The summed E-state index contributed by atoms with van der Waals surface area (Å²) in [6.07, 6.45) is -1.51. The highest BCUT2D eigenvalue weighted by atomic mass is 32.2. The summed E-state index contributed by atoms with van der Waals surface area (Å²) < 4.78 is 62.4. The fraction of sp³-hybridized carbons (Fsp3) is 0.611. The van der Waals surface area contributed by atoms with Crippen molar-refractivity contribution in [3.8, 4) is 0 Å². The van der Waals surface area contributed by atoms with Gasteiger partial charge in [-0.1, -0.05) is 0 Å². The van der Waals surface area contributed by atoms with Crippen LogP contribution in [0.3, 0.4) is 0 Å². The Balaban J connectivity index is 1.75. The lowest BCUT2D eigenvalue weighted by Crippen LogP contribution is -2.44. The van der Waals surface area contributed by atoms with E-state index in [4.69, 9.17) is 0 Å². The number of carbonyl (C=O) groups excluding carboxylic acids is 1. The smallest absolute Gasteiger partial charge is 0.370 e. The first-order valence-corrected chi connectivity index (χ1v) is 11.1. The van der Waals surface area contributed by atoms with Gasteiger partial charge in [-0.15, -0.1) is 0 Å². The molecule has 2 fully saturated rings. The molecule has 2 aliphatic heterocycles. The Kier molecular flexibility index (Phi) is 6.18. The third-order valence-electron chi connectivity index (χ3n) is 5.10. The molecule has 0 radical (unpaired) electrons. The molecule has 1 aromatic carbocycles. The average molecular weight is 419 g/mol. The third kappa shape index (κ3) is 5.38. The molecule has 10 heteroatoms. The normalized spacial score (nSPS) is 20.8. The maximum atomic E-state index is 13.1. The fourth-order valence-corrected chi connectivity index (χ4v) is 4.80. The lowest BCUT2D eigenvalue weighted by Gasteiger charge is -2.31. The molecule has 0 atom stereocenters. The molecule has 6 nitrogen and oxygen atoms in total. The number of benzene rings is 1. The second-order valence-electron chi connectivity index (χ2n) is 7.25. The van der Waals surface area contributed by atoms with Gasteiger partial charge in [0.1, 0.15) is 0 Å². The topological polar surface area (TPSA) is 69.7 Å². The van der Waals surface area contributed by atoms with E-state index in [9.17, 15) is 26.4 Å². The van der Waals surface area contributed by atoms with E-state index in [1.807, 2.05) is 4.90 Å². The minimum atomic E-state index is -4.50. The predicted octanol–water partition coefficient (Wildman–Crippen LogP) is 2.36. The van der Waals surface area contributed by atoms with Crippen LogP contribution in [-0.4, -0.2) is 63.5 Å². The monoisotopic (exact) mass is 419 g/mol. The van der Waals surface area contributed by atoms with Crippen LogP contribution in [0, 0.1) is 0 Å². The van der Waals surface area contributed by atoms with E-state index in [2.05, 4.69) is 5.32 Å². The summed E-state index contributed by atoms with van der Waals surface area (Å²) in [6.45, 7) is 1.91. The lowest BCUT2D eigenvalue weighted by atomic mass is 10.1. The van der Waals surface area contributed by atoms with Crippen molar-refractivity contribution in [2.75, 3.05) is 54.4 Å². The van der Waals surface area contributed by atoms with Crippen molar-refractivity contribution in [1.82, 2.24) is 4.90 Å². The molecule has 156 valence electrons. The van der Waals surface area contributed by atoms with Gasteiger partial charge in [0.15, 0.2) is 9.84 Å². The van der Waals surface area contributed by atoms with Crippen molar-refractivity contribution in [3.05, 3.63) is 23.8 Å². The number of hydrogen-bond donors (Lipinski definition) is 1. The van der Waals surface area contributed by atoms with E-state index in [1.165, 1.54) is 6.07 Å². The highest BCUT2D eigenvalue weighted by Gasteiger charge is 2.32. The molecule has 3 rings (SSSR count). The molecule has 2 aliphatic rings. The van der Waals surface area contributed by atoms with Crippen LogP contribution >= 0.6 is 0 Å². The van der Waals surface area contributed by atoms with Crippen LogP contribution in [0.1, 0.15) is 24.8 Å². The van der Waals surface area contributed by atoms with Gasteiger partial charge in [-0.05, 0) is 37.5 Å². The van der Waals surface area contributed by atoms with Crippen molar-refractivity contribution in [1.29, 1.82) is 0 Å². The van der Waals surface area contributed by atoms with Gasteiger partial charge in [0.25, 0.3) is 0 Å². The second kappa shape index (κ2) is 8.28. The summed E-state index contributed by atoms with van der Waals surface area (Å²) >= 11 is 0.